The maximum atomic E-state index is 11.9. The van der Waals surface area contributed by atoms with Gasteiger partial charge in [-0.3, -0.25) is 4.79 Å². The van der Waals surface area contributed by atoms with E-state index in [0.29, 0.717) is 16.5 Å². The minimum atomic E-state index is -0.556. The fourth-order valence-corrected chi connectivity index (χ4v) is 2.89. The summed E-state index contributed by atoms with van der Waals surface area (Å²) in [7, 11) is 3.13. The molecular formula is C17H15ClO4. The predicted molar refractivity (Wildman–Crippen MR) is 82.6 cm³/mol. The number of rotatable bonds is 3. The molecule has 0 saturated carbocycles. The minimum absolute atomic E-state index is 0.245. The number of hydrogen-bond donors (Lipinski definition) is 0. The second-order valence-electron chi connectivity index (χ2n) is 4.97. The topological polar surface area (TPSA) is 44.8 Å². The van der Waals surface area contributed by atoms with Gasteiger partial charge in [0, 0.05) is 16.1 Å². The van der Waals surface area contributed by atoms with Crippen LogP contribution in [0.1, 0.15) is 22.8 Å². The lowest BCUT2D eigenvalue weighted by atomic mass is 9.92. The van der Waals surface area contributed by atoms with Gasteiger partial charge in [-0.2, -0.15) is 0 Å². The summed E-state index contributed by atoms with van der Waals surface area (Å²) >= 11 is 6.10. The Labute approximate surface area is 133 Å². The van der Waals surface area contributed by atoms with Gasteiger partial charge in [0.2, 0.25) is 0 Å². The molecule has 114 valence electrons. The monoisotopic (exact) mass is 318 g/mol. The Bertz CT molecular complexity index is 727. The van der Waals surface area contributed by atoms with Gasteiger partial charge in [-0.25, -0.2) is 0 Å². The summed E-state index contributed by atoms with van der Waals surface area (Å²) in [6, 6.07) is 11.0. The maximum Gasteiger partial charge on any atom is 0.311 e. The molecule has 0 spiro atoms. The number of ether oxygens (including phenoxy) is 3. The van der Waals surface area contributed by atoms with Crippen molar-refractivity contribution in [3.63, 3.8) is 0 Å². The van der Waals surface area contributed by atoms with Gasteiger partial charge in [-0.15, -0.1) is 0 Å². The molecule has 0 aromatic heterocycles. The summed E-state index contributed by atoms with van der Waals surface area (Å²) < 4.78 is 16.3. The van der Waals surface area contributed by atoms with Crippen molar-refractivity contribution in [2.45, 2.75) is 12.5 Å². The molecule has 1 aliphatic heterocycles. The molecule has 1 unspecified atom stereocenters. The third-order valence-electron chi connectivity index (χ3n) is 3.69. The summed E-state index contributed by atoms with van der Waals surface area (Å²) in [5.74, 6) is 0.866. The maximum absolute atomic E-state index is 11.9. The molecule has 1 aliphatic rings. The second kappa shape index (κ2) is 5.89. The van der Waals surface area contributed by atoms with Crippen LogP contribution < -0.4 is 9.47 Å². The Morgan fingerprint density at radius 1 is 1.14 bits per heavy atom. The van der Waals surface area contributed by atoms with Crippen LogP contribution in [0.25, 0.3) is 0 Å². The largest absolute Gasteiger partial charge is 0.493 e. The molecule has 4 nitrogen and oxygen atoms in total. The third kappa shape index (κ3) is 2.50. The minimum Gasteiger partial charge on any atom is -0.493 e. The van der Waals surface area contributed by atoms with E-state index in [2.05, 4.69) is 0 Å². The van der Waals surface area contributed by atoms with Crippen LogP contribution in [0.15, 0.2) is 36.4 Å². The summed E-state index contributed by atoms with van der Waals surface area (Å²) in [6.45, 7) is 0. The number of cyclic esters (lactones) is 1. The van der Waals surface area contributed by atoms with Crippen molar-refractivity contribution < 1.29 is 19.0 Å². The molecule has 0 radical (unpaired) electrons. The normalized spacial score (nSPS) is 16.7. The first-order valence-corrected chi connectivity index (χ1v) is 7.20. The van der Waals surface area contributed by atoms with Gasteiger partial charge in [0.05, 0.1) is 20.6 Å². The Kier molecular flexibility index (Phi) is 3.94. The number of methoxy groups -OCH3 is 2. The quantitative estimate of drug-likeness (QED) is 0.812. The average molecular weight is 319 g/mol. The van der Waals surface area contributed by atoms with E-state index in [1.807, 2.05) is 24.3 Å². The Hall–Kier alpha value is -2.20. The van der Waals surface area contributed by atoms with Crippen molar-refractivity contribution in [3.8, 4) is 11.5 Å². The highest BCUT2D eigenvalue weighted by Crippen LogP contribution is 2.42. The number of fused-ring (bicyclic) bond motifs is 1. The van der Waals surface area contributed by atoms with E-state index in [1.165, 1.54) is 0 Å². The first-order chi connectivity index (χ1) is 10.6. The van der Waals surface area contributed by atoms with Crippen LogP contribution in [-0.2, 0) is 16.0 Å². The third-order valence-corrected chi connectivity index (χ3v) is 3.93. The van der Waals surface area contributed by atoms with Crippen molar-refractivity contribution in [2.24, 2.45) is 0 Å². The van der Waals surface area contributed by atoms with Gasteiger partial charge in [-0.05, 0) is 23.8 Å². The lowest BCUT2D eigenvalue weighted by Gasteiger charge is -2.27. The molecule has 0 fully saturated rings. The molecule has 0 amide bonds. The van der Waals surface area contributed by atoms with E-state index in [-0.39, 0.29) is 12.4 Å². The van der Waals surface area contributed by atoms with Crippen LogP contribution in [0.3, 0.4) is 0 Å². The van der Waals surface area contributed by atoms with Gasteiger partial charge in [0.25, 0.3) is 0 Å². The van der Waals surface area contributed by atoms with Crippen molar-refractivity contribution in [1.29, 1.82) is 0 Å². The van der Waals surface area contributed by atoms with Crippen molar-refractivity contribution in [3.05, 3.63) is 58.1 Å². The molecule has 1 heterocycles. The summed E-state index contributed by atoms with van der Waals surface area (Å²) in [4.78, 5) is 11.9. The van der Waals surface area contributed by atoms with E-state index >= 15 is 0 Å². The van der Waals surface area contributed by atoms with Crippen LogP contribution in [0.2, 0.25) is 5.02 Å². The fraction of sp³-hybridized carbons (Fsp3) is 0.235. The lowest BCUT2D eigenvalue weighted by Crippen LogP contribution is -2.22. The summed E-state index contributed by atoms with van der Waals surface area (Å²) in [6.07, 6.45) is -0.310. The second-order valence-corrected chi connectivity index (χ2v) is 5.41. The number of esters is 1. The number of carbonyl (C=O) groups is 1. The Balaban J connectivity index is 2.17. The predicted octanol–water partition coefficient (Wildman–Crippen LogP) is 3.55. The number of carbonyl (C=O) groups excluding carboxylic acids is 1. The SMILES string of the molecule is COc1cccc(C2OC(=O)Cc3ccc(Cl)cc32)c1OC. The zero-order valence-electron chi connectivity index (χ0n) is 12.3. The number of para-hydroxylation sites is 1. The zero-order chi connectivity index (χ0) is 15.7. The highest BCUT2D eigenvalue weighted by molar-refractivity contribution is 6.30. The van der Waals surface area contributed by atoms with Crippen LogP contribution in [0, 0.1) is 0 Å². The van der Waals surface area contributed by atoms with Gasteiger partial charge in [-0.1, -0.05) is 29.8 Å². The highest BCUT2D eigenvalue weighted by Gasteiger charge is 2.31. The number of hydrogen-bond acceptors (Lipinski definition) is 4. The van der Waals surface area contributed by atoms with Crippen LogP contribution in [0.5, 0.6) is 11.5 Å². The molecule has 2 aromatic carbocycles. The van der Waals surface area contributed by atoms with Crippen LogP contribution in [-0.4, -0.2) is 20.2 Å². The summed E-state index contributed by atoms with van der Waals surface area (Å²) in [5.41, 5.74) is 2.52. The number of benzene rings is 2. The molecule has 0 aliphatic carbocycles. The molecule has 5 heteroatoms. The molecule has 0 N–H and O–H groups in total. The molecule has 1 atom stereocenters. The first kappa shape index (κ1) is 14.7. The van der Waals surface area contributed by atoms with E-state index in [4.69, 9.17) is 25.8 Å². The first-order valence-electron chi connectivity index (χ1n) is 6.82. The van der Waals surface area contributed by atoms with Crippen LogP contribution >= 0.6 is 11.6 Å². The molecule has 22 heavy (non-hydrogen) atoms. The van der Waals surface area contributed by atoms with Gasteiger partial charge >= 0.3 is 5.97 Å². The average Bonchev–Trinajstić information content (AvgIpc) is 2.53. The van der Waals surface area contributed by atoms with Crippen molar-refractivity contribution in [1.82, 2.24) is 0 Å². The lowest BCUT2D eigenvalue weighted by molar-refractivity contribution is -0.148. The molecule has 0 bridgehead atoms. The van der Waals surface area contributed by atoms with Gasteiger partial charge in [0.1, 0.15) is 0 Å². The Morgan fingerprint density at radius 2 is 1.95 bits per heavy atom. The zero-order valence-corrected chi connectivity index (χ0v) is 13.0. The van der Waals surface area contributed by atoms with Gasteiger partial charge in [0.15, 0.2) is 17.6 Å². The van der Waals surface area contributed by atoms with E-state index in [9.17, 15) is 4.79 Å². The molecular weight excluding hydrogens is 304 g/mol. The molecule has 3 rings (SSSR count). The van der Waals surface area contributed by atoms with Crippen molar-refractivity contribution in [2.75, 3.05) is 14.2 Å². The fourth-order valence-electron chi connectivity index (χ4n) is 2.71. The van der Waals surface area contributed by atoms with Gasteiger partial charge < -0.3 is 14.2 Å². The highest BCUT2D eigenvalue weighted by atomic mass is 35.5. The summed E-state index contributed by atoms with van der Waals surface area (Å²) in [5, 5.41) is 0.601. The smallest absolute Gasteiger partial charge is 0.311 e. The Morgan fingerprint density at radius 3 is 2.68 bits per heavy atom. The molecule has 2 aromatic rings. The van der Waals surface area contributed by atoms with Crippen molar-refractivity contribution >= 4 is 17.6 Å². The van der Waals surface area contributed by atoms with E-state index in [1.54, 1.807) is 26.4 Å². The van der Waals surface area contributed by atoms with E-state index in [0.717, 1.165) is 16.7 Å². The standard InChI is InChI=1S/C17H15ClO4/c1-20-14-5-3-4-12(17(14)21-2)16-13-9-11(18)7-6-10(13)8-15(19)22-16/h3-7,9,16H,8H2,1-2H3. The van der Waals surface area contributed by atoms with Crippen LogP contribution in [0.4, 0.5) is 0 Å². The molecule has 0 saturated heterocycles. The van der Waals surface area contributed by atoms with E-state index < -0.39 is 6.10 Å². The number of halogens is 1.